The number of nitrogens with one attached hydrogen (secondary N) is 1. The third-order valence-electron chi connectivity index (χ3n) is 16.4. The Labute approximate surface area is 300 Å². The summed E-state index contributed by atoms with van der Waals surface area (Å²) in [4.78, 5) is 36.9. The highest BCUT2D eigenvalue weighted by molar-refractivity contribution is 5.89. The van der Waals surface area contributed by atoms with Crippen molar-refractivity contribution in [3.8, 4) is 11.8 Å². The van der Waals surface area contributed by atoms with Gasteiger partial charge in [-0.25, -0.2) is 4.79 Å². The lowest BCUT2D eigenvalue weighted by molar-refractivity contribution is -0.247. The summed E-state index contributed by atoms with van der Waals surface area (Å²) in [6, 6.07) is 0. The van der Waals surface area contributed by atoms with Crippen LogP contribution in [0.25, 0.3) is 0 Å². The number of carboxylic acids is 2. The Hall–Kier alpha value is -2.59. The number of fused-ring (bicyclic) bond motifs is 7. The summed E-state index contributed by atoms with van der Waals surface area (Å²) in [5.74, 6) is 7.55. The first-order valence-electron chi connectivity index (χ1n) is 19.5. The Balaban J connectivity index is 1.29. The number of hydrogen-bond acceptors (Lipinski definition) is 5. The molecule has 7 heteroatoms. The van der Waals surface area contributed by atoms with E-state index in [1.54, 1.807) is 13.8 Å². The molecule has 1 aliphatic heterocycles. The Morgan fingerprint density at radius 2 is 1.64 bits per heavy atom. The van der Waals surface area contributed by atoms with Crippen molar-refractivity contribution in [3.05, 3.63) is 23.3 Å². The van der Waals surface area contributed by atoms with E-state index in [0.29, 0.717) is 48.1 Å². The van der Waals surface area contributed by atoms with Gasteiger partial charge >= 0.3 is 17.9 Å². The van der Waals surface area contributed by atoms with Crippen LogP contribution >= 0.6 is 0 Å². The summed E-state index contributed by atoms with van der Waals surface area (Å²) in [5.41, 5.74) is 1.52. The van der Waals surface area contributed by atoms with Crippen LogP contribution in [0.4, 0.5) is 0 Å². The minimum Gasteiger partial charge on any atom is -0.481 e. The molecule has 5 saturated carbocycles. The highest BCUT2D eigenvalue weighted by Gasteiger charge is 2.71. The van der Waals surface area contributed by atoms with Crippen molar-refractivity contribution in [1.29, 1.82) is 0 Å². The second-order valence-electron chi connectivity index (χ2n) is 19.5. The summed E-state index contributed by atoms with van der Waals surface area (Å²) in [6.07, 6.45) is 11.2. The van der Waals surface area contributed by atoms with Gasteiger partial charge in [-0.1, -0.05) is 58.6 Å². The fourth-order valence-electron chi connectivity index (χ4n) is 13.4. The molecule has 276 valence electrons. The van der Waals surface area contributed by atoms with Crippen LogP contribution in [0.15, 0.2) is 23.3 Å². The summed E-state index contributed by atoms with van der Waals surface area (Å²) >= 11 is 0. The van der Waals surface area contributed by atoms with Crippen molar-refractivity contribution in [1.82, 2.24) is 5.32 Å². The van der Waals surface area contributed by atoms with Crippen molar-refractivity contribution in [2.24, 2.45) is 62.1 Å². The van der Waals surface area contributed by atoms with E-state index in [9.17, 15) is 24.6 Å². The van der Waals surface area contributed by atoms with E-state index in [4.69, 9.17) is 4.74 Å². The molecule has 6 rings (SSSR count). The maximum Gasteiger partial charge on any atom is 0.333 e. The van der Waals surface area contributed by atoms with E-state index >= 15 is 0 Å². The van der Waals surface area contributed by atoms with Crippen LogP contribution in [0, 0.1) is 73.9 Å². The number of aliphatic carboxylic acids is 2. The molecule has 0 radical (unpaired) electrons. The van der Waals surface area contributed by atoms with E-state index in [1.807, 2.05) is 0 Å². The van der Waals surface area contributed by atoms with Crippen LogP contribution in [0.5, 0.6) is 0 Å². The maximum absolute atomic E-state index is 13.1. The topological polar surface area (TPSA) is 113 Å². The third-order valence-corrected chi connectivity index (χ3v) is 16.4. The van der Waals surface area contributed by atoms with Crippen LogP contribution in [-0.4, -0.2) is 47.3 Å². The highest BCUT2D eigenvalue weighted by Crippen LogP contribution is 2.77. The van der Waals surface area contributed by atoms with Crippen molar-refractivity contribution >= 4 is 17.9 Å². The molecule has 1 heterocycles. The molecule has 0 bridgehead atoms. The molecule has 0 spiro atoms. The maximum atomic E-state index is 13.1. The van der Waals surface area contributed by atoms with Crippen LogP contribution in [-0.2, 0) is 19.1 Å². The molecule has 0 amide bonds. The van der Waals surface area contributed by atoms with Crippen LogP contribution in [0.2, 0.25) is 0 Å². The van der Waals surface area contributed by atoms with Crippen molar-refractivity contribution in [2.45, 2.75) is 139 Å². The Bertz CT molecular complexity index is 1540. The summed E-state index contributed by atoms with van der Waals surface area (Å²) in [7, 11) is 0. The standard InChI is InChI=1S/C43H63NO6/c1-26(2)28-13-20-43(19-12-27-16-23-44-25-29(27)36(46)47)22-21-41(8)30(35(28)43)10-11-32-40(7)17-15-33(50-34(45)24-38(3,4)37(48)49)39(5,6)31(40)14-18-42(32,41)9/h28,30-33,35,44H,1,10-11,13-18,20-25H2,2-9H3,(H,46,47)(H,48,49)/t28?,30?,31?,32?,33-,35?,40-,41+,42+,43+/m0/s1. The van der Waals surface area contributed by atoms with Gasteiger partial charge in [0, 0.05) is 29.5 Å². The second kappa shape index (κ2) is 12.5. The number of carbonyl (C=O) groups is 3. The van der Waals surface area contributed by atoms with Crippen molar-refractivity contribution in [2.75, 3.05) is 13.1 Å². The van der Waals surface area contributed by atoms with Gasteiger partial charge < -0.3 is 20.3 Å². The predicted molar refractivity (Wildman–Crippen MR) is 195 cm³/mol. The molecule has 0 aromatic carbocycles. The first-order chi connectivity index (χ1) is 23.2. The minimum absolute atomic E-state index is 0.0985. The molecule has 0 aromatic rings. The molecule has 10 atom stereocenters. The summed E-state index contributed by atoms with van der Waals surface area (Å²) < 4.78 is 6.17. The molecule has 5 unspecified atom stereocenters. The van der Waals surface area contributed by atoms with E-state index in [2.05, 4.69) is 65.3 Å². The van der Waals surface area contributed by atoms with Crippen molar-refractivity contribution in [3.63, 3.8) is 0 Å². The van der Waals surface area contributed by atoms with E-state index in [-0.39, 0.29) is 39.6 Å². The summed E-state index contributed by atoms with van der Waals surface area (Å²) in [6.45, 7) is 23.5. The molecule has 0 aromatic heterocycles. The zero-order chi connectivity index (χ0) is 36.7. The molecule has 50 heavy (non-hydrogen) atoms. The van der Waals surface area contributed by atoms with Gasteiger partial charge in [-0.2, -0.15) is 0 Å². The lowest BCUT2D eigenvalue weighted by Gasteiger charge is -2.72. The SMILES string of the molecule is C=C(C)C1CC[C@]2(C#CC3=C(C(=O)O)CNCC3)CC[C@]3(C)C(CCC4[C@@]5(C)CC[C@H](OC(=O)CC(C)(C)C(=O)O)C(C)(C)C5CC[C@]43C)C12. The van der Waals surface area contributed by atoms with Gasteiger partial charge in [0.15, 0.2) is 0 Å². The Morgan fingerprint density at radius 3 is 2.30 bits per heavy atom. The minimum atomic E-state index is -1.15. The van der Waals surface area contributed by atoms with E-state index in [0.717, 1.165) is 63.5 Å². The van der Waals surface area contributed by atoms with Crippen molar-refractivity contribution < 1.29 is 29.3 Å². The van der Waals surface area contributed by atoms with Gasteiger partial charge in [-0.3, -0.25) is 9.59 Å². The average Bonchev–Trinajstić information content (AvgIpc) is 3.42. The molecule has 3 N–H and O–H groups in total. The Morgan fingerprint density at radius 1 is 0.920 bits per heavy atom. The number of carboxylic acid groups (broad SMARTS) is 2. The van der Waals surface area contributed by atoms with Crippen LogP contribution in [0.1, 0.15) is 132 Å². The quantitative estimate of drug-likeness (QED) is 0.146. The zero-order valence-corrected chi connectivity index (χ0v) is 32.1. The predicted octanol–water partition coefficient (Wildman–Crippen LogP) is 8.43. The second-order valence-corrected chi connectivity index (χ2v) is 19.5. The molecule has 6 aliphatic rings. The molecule has 5 aliphatic carbocycles. The third kappa shape index (κ3) is 5.60. The molecule has 7 nitrogen and oxygen atoms in total. The average molecular weight is 690 g/mol. The molecular formula is C43H63NO6. The first-order valence-corrected chi connectivity index (χ1v) is 19.5. The number of rotatable bonds is 6. The van der Waals surface area contributed by atoms with Gasteiger partial charge in [0.25, 0.3) is 0 Å². The lowest BCUT2D eigenvalue weighted by atomic mass is 9.32. The number of esters is 1. The van der Waals surface area contributed by atoms with Gasteiger partial charge in [0.2, 0.25) is 0 Å². The molecule has 5 fully saturated rings. The monoisotopic (exact) mass is 689 g/mol. The van der Waals surface area contributed by atoms with Crippen LogP contribution in [0.3, 0.4) is 0 Å². The molecule has 0 saturated heterocycles. The van der Waals surface area contributed by atoms with E-state index in [1.165, 1.54) is 18.4 Å². The fraction of sp³-hybridized carbons (Fsp3) is 0.791. The number of carbonyl (C=O) groups excluding carboxylic acids is 1. The van der Waals surface area contributed by atoms with E-state index < -0.39 is 23.3 Å². The lowest BCUT2D eigenvalue weighted by Crippen LogP contribution is -2.66. The normalized spacial score (nSPS) is 42.1. The van der Waals surface area contributed by atoms with Gasteiger partial charge in [0.1, 0.15) is 6.10 Å². The summed E-state index contributed by atoms with van der Waals surface area (Å²) in [5, 5.41) is 22.7. The molecular weight excluding hydrogens is 626 g/mol. The van der Waals surface area contributed by atoms with Crippen LogP contribution < -0.4 is 5.32 Å². The van der Waals surface area contributed by atoms with Gasteiger partial charge in [-0.15, -0.1) is 0 Å². The van der Waals surface area contributed by atoms with Gasteiger partial charge in [-0.05, 0) is 137 Å². The van der Waals surface area contributed by atoms with Gasteiger partial charge in [0.05, 0.1) is 17.4 Å². The highest BCUT2D eigenvalue weighted by atomic mass is 16.5. The first kappa shape index (κ1) is 37.2. The fourth-order valence-corrected chi connectivity index (χ4v) is 13.4. The number of allylic oxidation sites excluding steroid dienone is 1. The zero-order valence-electron chi connectivity index (χ0n) is 32.1. The smallest absolute Gasteiger partial charge is 0.333 e. The number of hydrogen-bond donors (Lipinski definition) is 3. The number of ether oxygens (including phenoxy) is 1. The Kier molecular flexibility index (Phi) is 9.31. The largest absolute Gasteiger partial charge is 0.481 e.